The molecule has 4 aliphatic rings. The molecule has 0 saturated heterocycles. The van der Waals surface area contributed by atoms with Crippen LogP contribution < -0.4 is 57.3 Å². The number of fused-ring (bicyclic) bond motifs is 8. The van der Waals surface area contributed by atoms with Crippen LogP contribution in [0.5, 0.6) is 0 Å². The summed E-state index contributed by atoms with van der Waals surface area (Å²) in [7, 11) is 0. The molecule has 9 heteroatoms. The Hall–Kier alpha value is -9.95. The standard InChI is InChI=1S/C96H96B2FN5S/c1-57(2)65-21-35-73(36-22-65)100(74-37-23-66(24-38-74)58(3)4)79-51-90-95-91(52-79)104(88-20-18-17-19-85(88)99)89-56-93-84(55-83(89)97(95)81-49-71(63(13)14)33-47-86(81)102(90)77-43-29-69(30-44-77)61(9)10)98-82-50-72(64(15)16)34-48-87(82)103(78-45-31-70(32-46-78)62(11)12)92-53-80(54-94(105-93)96(92)98)101(75-39-25-67(26-40-75)59(5)6)76-41-27-68(28-42-76)60(7)8/h17-64H,1-16H3. The first kappa shape index (κ1) is 69.4. The Bertz CT molecular complexity index is 5170. The monoisotopic (exact) mass is 1390 g/mol. The van der Waals surface area contributed by atoms with Crippen LogP contribution in [-0.2, 0) is 0 Å². The minimum Gasteiger partial charge on any atom is -0.311 e. The van der Waals surface area contributed by atoms with Crippen molar-refractivity contribution < 1.29 is 4.39 Å². The molecule has 0 amide bonds. The van der Waals surface area contributed by atoms with Gasteiger partial charge < -0.3 is 24.5 Å². The molecule has 4 aliphatic heterocycles. The Balaban J connectivity index is 1.01. The molecule has 0 unspecified atom stereocenters. The number of rotatable bonds is 17. The average Bonchev–Trinajstić information content (AvgIpc) is 0.686. The summed E-state index contributed by atoms with van der Waals surface area (Å²) in [4.78, 5) is 14.6. The number of benzene rings is 12. The molecule has 0 aromatic heterocycles. The van der Waals surface area contributed by atoms with Crippen LogP contribution in [-0.4, -0.2) is 13.4 Å². The van der Waals surface area contributed by atoms with Crippen molar-refractivity contribution >= 4 is 143 Å². The molecule has 0 N–H and O–H groups in total. The number of hydrogen-bond donors (Lipinski definition) is 0. The van der Waals surface area contributed by atoms with Crippen LogP contribution in [0.15, 0.2) is 252 Å². The third-order valence-electron chi connectivity index (χ3n) is 22.8. The quantitative estimate of drug-likeness (QED) is 0.0839. The van der Waals surface area contributed by atoms with E-state index in [2.05, 4.69) is 354 Å². The van der Waals surface area contributed by atoms with E-state index in [0.717, 1.165) is 89.8 Å². The van der Waals surface area contributed by atoms with Gasteiger partial charge >= 0.3 is 0 Å². The van der Waals surface area contributed by atoms with E-state index in [1.54, 1.807) is 6.07 Å². The van der Waals surface area contributed by atoms with Crippen molar-refractivity contribution in [1.82, 2.24) is 0 Å². The van der Waals surface area contributed by atoms with Gasteiger partial charge in [0.05, 0.1) is 11.4 Å². The summed E-state index contributed by atoms with van der Waals surface area (Å²) < 4.78 is 18.1. The summed E-state index contributed by atoms with van der Waals surface area (Å²) >= 11 is 1.87. The molecule has 0 bridgehead atoms. The molecular weight excluding hydrogens is 1300 g/mol. The highest BCUT2D eigenvalue weighted by molar-refractivity contribution is 8.00. The van der Waals surface area contributed by atoms with Gasteiger partial charge in [0.25, 0.3) is 6.71 Å². The maximum atomic E-state index is 18.1. The molecule has 12 aromatic carbocycles. The predicted molar refractivity (Wildman–Crippen MR) is 452 cm³/mol. The summed E-state index contributed by atoms with van der Waals surface area (Å²) in [5.41, 5.74) is 33.1. The van der Waals surface area contributed by atoms with E-state index in [1.165, 1.54) is 76.9 Å². The zero-order valence-corrected chi connectivity index (χ0v) is 64.7. The smallest absolute Gasteiger partial charge is 0.252 e. The number of nitrogens with zero attached hydrogens (tertiary/aromatic N) is 5. The molecule has 0 spiro atoms. The van der Waals surface area contributed by atoms with E-state index >= 15 is 4.39 Å². The van der Waals surface area contributed by atoms with E-state index in [1.807, 2.05) is 30.0 Å². The van der Waals surface area contributed by atoms with Crippen LogP contribution in [0.25, 0.3) is 0 Å². The lowest BCUT2D eigenvalue weighted by Gasteiger charge is -2.46. The first-order chi connectivity index (χ1) is 50.6. The second-order valence-corrected chi connectivity index (χ2v) is 33.3. The van der Waals surface area contributed by atoms with Gasteiger partial charge in [-0.2, -0.15) is 0 Å². The highest BCUT2D eigenvalue weighted by Gasteiger charge is 2.48. The Morgan fingerprint density at radius 3 is 0.962 bits per heavy atom. The van der Waals surface area contributed by atoms with Crippen molar-refractivity contribution in [3.63, 3.8) is 0 Å². The largest absolute Gasteiger partial charge is 0.311 e. The van der Waals surface area contributed by atoms with Gasteiger partial charge in [-0.05, 0) is 247 Å². The molecule has 0 atom stereocenters. The highest BCUT2D eigenvalue weighted by Crippen LogP contribution is 2.53. The third kappa shape index (κ3) is 12.3. The minimum absolute atomic E-state index is 0.182. The fourth-order valence-electron chi connectivity index (χ4n) is 16.6. The van der Waals surface area contributed by atoms with Crippen LogP contribution in [0.4, 0.5) is 89.7 Å². The maximum absolute atomic E-state index is 18.1. The third-order valence-corrected chi connectivity index (χ3v) is 24.0. The second-order valence-electron chi connectivity index (χ2n) is 32.2. The van der Waals surface area contributed by atoms with Gasteiger partial charge in [-0.25, -0.2) is 4.39 Å². The molecule has 4 heterocycles. The maximum Gasteiger partial charge on any atom is 0.252 e. The van der Waals surface area contributed by atoms with Crippen molar-refractivity contribution in [3.8, 4) is 0 Å². The number of para-hydroxylation sites is 1. The van der Waals surface area contributed by atoms with Gasteiger partial charge in [-0.1, -0.05) is 243 Å². The van der Waals surface area contributed by atoms with Crippen LogP contribution in [0.2, 0.25) is 0 Å². The Labute approximate surface area is 629 Å². The lowest BCUT2D eigenvalue weighted by atomic mass is 9.31. The molecule has 0 saturated carbocycles. The van der Waals surface area contributed by atoms with Gasteiger partial charge in [0.15, 0.2) is 0 Å². The number of anilines is 15. The van der Waals surface area contributed by atoms with Gasteiger partial charge in [-0.15, -0.1) is 0 Å². The van der Waals surface area contributed by atoms with E-state index in [0.29, 0.717) is 41.2 Å². The zero-order valence-electron chi connectivity index (χ0n) is 63.9. The van der Waals surface area contributed by atoms with Crippen LogP contribution in [0.3, 0.4) is 0 Å². The summed E-state index contributed by atoms with van der Waals surface area (Å²) in [6.07, 6.45) is 0. The lowest BCUT2D eigenvalue weighted by Crippen LogP contribution is -2.64. The molecule has 0 aliphatic carbocycles. The summed E-state index contributed by atoms with van der Waals surface area (Å²) in [6.45, 7) is 36.1. The molecule has 5 nitrogen and oxygen atoms in total. The Kier molecular flexibility index (Phi) is 18.2. The van der Waals surface area contributed by atoms with Crippen LogP contribution in [0.1, 0.15) is 203 Å². The Morgan fingerprint density at radius 1 is 0.257 bits per heavy atom. The predicted octanol–water partition coefficient (Wildman–Crippen LogP) is 24.6. The number of hydrogen-bond acceptors (Lipinski definition) is 6. The van der Waals surface area contributed by atoms with E-state index in [-0.39, 0.29) is 31.1 Å². The van der Waals surface area contributed by atoms with E-state index in [9.17, 15) is 0 Å². The van der Waals surface area contributed by atoms with Crippen molar-refractivity contribution in [2.24, 2.45) is 0 Å². The lowest BCUT2D eigenvalue weighted by molar-refractivity contribution is 0.629. The zero-order chi connectivity index (χ0) is 73.1. The van der Waals surface area contributed by atoms with Gasteiger partial charge in [0, 0.05) is 83.7 Å². The van der Waals surface area contributed by atoms with Crippen molar-refractivity contribution in [1.29, 1.82) is 0 Å². The fourth-order valence-corrected chi connectivity index (χ4v) is 17.8. The topological polar surface area (TPSA) is 16.2 Å². The molecular formula is C96H96B2FN5S. The molecule has 105 heavy (non-hydrogen) atoms. The summed E-state index contributed by atoms with van der Waals surface area (Å²) in [6, 6.07) is 92.3. The van der Waals surface area contributed by atoms with Crippen LogP contribution >= 0.6 is 11.8 Å². The van der Waals surface area contributed by atoms with Gasteiger partial charge in [-0.3, -0.25) is 0 Å². The second kappa shape index (κ2) is 27.5. The van der Waals surface area contributed by atoms with Crippen molar-refractivity contribution in [2.75, 3.05) is 24.5 Å². The summed E-state index contributed by atoms with van der Waals surface area (Å²) in [5.74, 6) is 2.43. The molecule has 12 aromatic rings. The van der Waals surface area contributed by atoms with Gasteiger partial charge in [0.1, 0.15) is 5.82 Å². The first-order valence-corrected chi connectivity index (χ1v) is 39.2. The van der Waals surface area contributed by atoms with Crippen molar-refractivity contribution in [2.45, 2.75) is 168 Å². The molecule has 524 valence electrons. The van der Waals surface area contributed by atoms with Crippen molar-refractivity contribution in [3.05, 3.63) is 293 Å². The average molecular weight is 1390 g/mol. The van der Waals surface area contributed by atoms with Gasteiger partial charge in [0.2, 0.25) is 6.71 Å². The SMILES string of the molecule is CC(C)c1ccc(N(c2ccc(C(C)C)cc2)c2cc3c4c(c2)N(c2ccc(C(C)C)cc2)c2ccc(C(C)C)cc2B4c2cc4c(cc2S3)N(c2ccccc2F)c2cc(N(c3ccc(C(C)C)cc3)c3ccc(C(C)C)cc3)cc3c2B4c2cc(C(C)C)ccc2N3c2ccc(C(C)C)cc2)cc1. The molecule has 0 radical (unpaired) electrons. The van der Waals surface area contributed by atoms with E-state index in [4.69, 9.17) is 0 Å². The fraction of sp³-hybridized carbons (Fsp3) is 0.250. The molecule has 16 rings (SSSR count). The van der Waals surface area contributed by atoms with Crippen LogP contribution in [0, 0.1) is 5.82 Å². The van der Waals surface area contributed by atoms with E-state index < -0.39 is 0 Å². The minimum atomic E-state index is -0.289. The molecule has 0 fully saturated rings. The Morgan fingerprint density at radius 2 is 0.581 bits per heavy atom. The number of halogens is 1. The first-order valence-electron chi connectivity index (χ1n) is 38.4. The summed E-state index contributed by atoms with van der Waals surface area (Å²) in [5, 5.41) is 0. The highest BCUT2D eigenvalue weighted by atomic mass is 32.2. The normalized spacial score (nSPS) is 13.4.